The van der Waals surface area contributed by atoms with Crippen molar-refractivity contribution in [1.82, 2.24) is 10.2 Å². The molecule has 1 aromatic rings. The zero-order chi connectivity index (χ0) is 15.4. The van der Waals surface area contributed by atoms with E-state index in [9.17, 15) is 4.39 Å². The zero-order valence-electron chi connectivity index (χ0n) is 13.7. The molecule has 118 valence electrons. The van der Waals surface area contributed by atoms with Crippen LogP contribution < -0.4 is 10.2 Å². The molecule has 0 amide bonds. The van der Waals surface area contributed by atoms with Crippen molar-refractivity contribution in [3.63, 3.8) is 0 Å². The fourth-order valence-electron chi connectivity index (χ4n) is 3.09. The predicted molar refractivity (Wildman–Crippen MR) is 87.4 cm³/mol. The number of benzene rings is 1. The molecule has 0 aliphatic carbocycles. The van der Waals surface area contributed by atoms with E-state index < -0.39 is 0 Å². The second-order valence-corrected chi connectivity index (χ2v) is 6.41. The van der Waals surface area contributed by atoms with Crippen LogP contribution in [-0.4, -0.2) is 45.7 Å². The minimum atomic E-state index is -0.0966. The van der Waals surface area contributed by atoms with E-state index in [2.05, 4.69) is 29.2 Å². The number of hydrogen-bond donors (Lipinski definition) is 1. The summed E-state index contributed by atoms with van der Waals surface area (Å²) in [5, 5.41) is 3.15. The number of anilines is 1. The Morgan fingerprint density at radius 1 is 1.33 bits per heavy atom. The van der Waals surface area contributed by atoms with Gasteiger partial charge in [-0.05, 0) is 64.5 Å². The lowest BCUT2D eigenvalue weighted by atomic mass is 9.95. The van der Waals surface area contributed by atoms with Crippen molar-refractivity contribution >= 4 is 5.69 Å². The van der Waals surface area contributed by atoms with E-state index in [0.717, 1.165) is 49.6 Å². The molecule has 3 nitrogen and oxygen atoms in total. The minimum absolute atomic E-state index is 0.0966. The number of hydrogen-bond acceptors (Lipinski definition) is 3. The molecule has 1 aliphatic rings. The molecule has 0 aromatic heterocycles. The van der Waals surface area contributed by atoms with Crippen LogP contribution >= 0.6 is 0 Å². The van der Waals surface area contributed by atoms with Gasteiger partial charge in [0.2, 0.25) is 0 Å². The van der Waals surface area contributed by atoms with E-state index in [-0.39, 0.29) is 11.9 Å². The number of halogens is 1. The highest BCUT2D eigenvalue weighted by atomic mass is 19.1. The zero-order valence-corrected chi connectivity index (χ0v) is 13.7. The summed E-state index contributed by atoms with van der Waals surface area (Å²) in [7, 11) is 6.13. The van der Waals surface area contributed by atoms with Gasteiger partial charge in [-0.2, -0.15) is 0 Å². The Kier molecular flexibility index (Phi) is 5.59. The van der Waals surface area contributed by atoms with Gasteiger partial charge in [-0.15, -0.1) is 0 Å². The van der Waals surface area contributed by atoms with Crippen LogP contribution in [0.25, 0.3) is 0 Å². The fourth-order valence-corrected chi connectivity index (χ4v) is 3.09. The average Bonchev–Trinajstić information content (AvgIpc) is 2.47. The number of nitrogens with one attached hydrogen (secondary N) is 1. The summed E-state index contributed by atoms with van der Waals surface area (Å²) in [4.78, 5) is 4.43. The lowest BCUT2D eigenvalue weighted by Gasteiger charge is -2.35. The van der Waals surface area contributed by atoms with Crippen LogP contribution in [0.1, 0.15) is 31.4 Å². The maximum Gasteiger partial charge on any atom is 0.146 e. The van der Waals surface area contributed by atoms with Gasteiger partial charge in [-0.1, -0.05) is 6.07 Å². The van der Waals surface area contributed by atoms with Crippen LogP contribution in [-0.2, 0) is 0 Å². The van der Waals surface area contributed by atoms with Gasteiger partial charge in [-0.3, -0.25) is 0 Å². The number of piperidine rings is 1. The van der Waals surface area contributed by atoms with Crippen molar-refractivity contribution in [2.45, 2.75) is 25.8 Å². The number of nitrogens with zero attached hydrogens (tertiary/aromatic N) is 2. The van der Waals surface area contributed by atoms with Crippen molar-refractivity contribution in [2.24, 2.45) is 5.92 Å². The molecule has 1 fully saturated rings. The Balaban J connectivity index is 2.00. The Morgan fingerprint density at radius 2 is 2.00 bits per heavy atom. The van der Waals surface area contributed by atoms with E-state index >= 15 is 0 Å². The molecule has 21 heavy (non-hydrogen) atoms. The summed E-state index contributed by atoms with van der Waals surface area (Å²) >= 11 is 0. The average molecular weight is 293 g/mol. The Labute approximate surface area is 128 Å². The molecule has 0 saturated carbocycles. The highest BCUT2D eigenvalue weighted by molar-refractivity contribution is 5.50. The Hall–Kier alpha value is -1.13. The van der Waals surface area contributed by atoms with Gasteiger partial charge in [0.05, 0.1) is 5.69 Å². The molecule has 0 bridgehead atoms. The highest BCUT2D eigenvalue weighted by Crippen LogP contribution is 2.27. The van der Waals surface area contributed by atoms with Crippen LogP contribution in [0.2, 0.25) is 0 Å². The van der Waals surface area contributed by atoms with Gasteiger partial charge in [0, 0.05) is 25.7 Å². The summed E-state index contributed by atoms with van der Waals surface area (Å²) < 4.78 is 14.4. The van der Waals surface area contributed by atoms with Crippen LogP contribution in [0.5, 0.6) is 0 Å². The van der Waals surface area contributed by atoms with E-state index in [4.69, 9.17) is 0 Å². The predicted octanol–water partition coefficient (Wildman–Crippen LogP) is 2.88. The fraction of sp³-hybridized carbons (Fsp3) is 0.647. The Bertz CT molecular complexity index is 453. The van der Waals surface area contributed by atoms with Crippen molar-refractivity contribution < 1.29 is 4.39 Å². The van der Waals surface area contributed by atoms with Gasteiger partial charge in [0.1, 0.15) is 5.82 Å². The highest BCUT2D eigenvalue weighted by Gasteiger charge is 2.22. The van der Waals surface area contributed by atoms with Gasteiger partial charge >= 0.3 is 0 Å². The lowest BCUT2D eigenvalue weighted by molar-refractivity contribution is 0.284. The lowest BCUT2D eigenvalue weighted by Crippen LogP contribution is -2.37. The summed E-state index contributed by atoms with van der Waals surface area (Å²) in [5.74, 6) is 0.642. The first-order valence-corrected chi connectivity index (χ1v) is 7.87. The molecule has 1 saturated heterocycles. The van der Waals surface area contributed by atoms with Crippen LogP contribution in [0.15, 0.2) is 18.2 Å². The van der Waals surface area contributed by atoms with Crippen LogP contribution in [0.3, 0.4) is 0 Å². The third-order valence-electron chi connectivity index (χ3n) is 4.48. The van der Waals surface area contributed by atoms with Gasteiger partial charge < -0.3 is 15.1 Å². The standard InChI is InChI=1S/C17H28FN3/c1-13(19-2)15-5-6-17(16(18)11-15)21-9-7-14(8-10-21)12-20(3)4/h5-6,11,13-14,19H,7-10,12H2,1-4H3. The van der Waals surface area contributed by atoms with Crippen LogP contribution in [0.4, 0.5) is 10.1 Å². The van der Waals surface area contributed by atoms with Gasteiger partial charge in [0.25, 0.3) is 0 Å². The van der Waals surface area contributed by atoms with Crippen molar-refractivity contribution in [3.05, 3.63) is 29.6 Å². The molecule has 1 N–H and O–H groups in total. The molecule has 2 rings (SSSR count). The molecule has 1 aliphatic heterocycles. The van der Waals surface area contributed by atoms with E-state index in [1.807, 2.05) is 26.1 Å². The first-order valence-electron chi connectivity index (χ1n) is 7.87. The SMILES string of the molecule is CNC(C)c1ccc(N2CCC(CN(C)C)CC2)c(F)c1. The van der Waals surface area contributed by atoms with Gasteiger partial charge in [-0.25, -0.2) is 4.39 Å². The smallest absolute Gasteiger partial charge is 0.146 e. The first kappa shape index (κ1) is 16.2. The monoisotopic (exact) mass is 293 g/mol. The summed E-state index contributed by atoms with van der Waals surface area (Å²) in [6.07, 6.45) is 2.29. The second kappa shape index (κ2) is 7.23. The molecule has 1 unspecified atom stereocenters. The Morgan fingerprint density at radius 3 is 2.52 bits per heavy atom. The molecule has 0 spiro atoms. The molecule has 4 heteroatoms. The van der Waals surface area contributed by atoms with E-state index in [1.165, 1.54) is 0 Å². The van der Waals surface area contributed by atoms with E-state index in [1.54, 1.807) is 6.07 Å². The topological polar surface area (TPSA) is 18.5 Å². The largest absolute Gasteiger partial charge is 0.369 e. The van der Waals surface area contributed by atoms with Crippen molar-refractivity contribution in [1.29, 1.82) is 0 Å². The van der Waals surface area contributed by atoms with Crippen molar-refractivity contribution in [2.75, 3.05) is 45.7 Å². The molecular formula is C17H28FN3. The summed E-state index contributed by atoms with van der Waals surface area (Å²) in [6.45, 7) is 5.09. The van der Waals surface area contributed by atoms with Crippen molar-refractivity contribution in [3.8, 4) is 0 Å². The molecule has 0 radical (unpaired) electrons. The van der Waals surface area contributed by atoms with Crippen LogP contribution in [0, 0.1) is 11.7 Å². The summed E-state index contributed by atoms with van der Waals surface area (Å²) in [5.41, 5.74) is 1.76. The molecule has 1 aromatic carbocycles. The van der Waals surface area contributed by atoms with E-state index in [0.29, 0.717) is 0 Å². The quantitative estimate of drug-likeness (QED) is 0.900. The number of rotatable bonds is 5. The molecular weight excluding hydrogens is 265 g/mol. The maximum absolute atomic E-state index is 14.4. The third-order valence-corrected chi connectivity index (χ3v) is 4.48. The minimum Gasteiger partial charge on any atom is -0.369 e. The maximum atomic E-state index is 14.4. The molecule has 1 atom stereocenters. The normalized spacial score (nSPS) is 18.3. The first-order chi connectivity index (χ1) is 10.0. The third kappa shape index (κ3) is 4.17. The van der Waals surface area contributed by atoms with Gasteiger partial charge in [0.15, 0.2) is 0 Å². The molecule has 1 heterocycles. The second-order valence-electron chi connectivity index (χ2n) is 6.41. The summed E-state index contributed by atoms with van der Waals surface area (Å²) in [6, 6.07) is 5.82.